The molecule has 0 fully saturated rings. The first-order valence-corrected chi connectivity index (χ1v) is 4.26. The second-order valence-electron chi connectivity index (χ2n) is 2.44. The van der Waals surface area contributed by atoms with Gasteiger partial charge in [0.25, 0.3) is 0 Å². The Hall–Kier alpha value is -1.81. The van der Waals surface area contributed by atoms with E-state index in [2.05, 4.69) is 6.58 Å². The topological polar surface area (TPSA) is 80.4 Å². The molecular formula is C10H10ClNO3. The van der Waals surface area contributed by atoms with Crippen molar-refractivity contribution in [3.63, 3.8) is 0 Å². The molecule has 1 rings (SSSR count). The standard InChI is InChI=1S/C7H7NO2.C3H3ClO/c8-6-3-1-5(2-4-6)7(9)10;1-2-3(4)5/h1-4H,8H2,(H,9,10);2H,1H2. The van der Waals surface area contributed by atoms with Crippen LogP contribution in [0.1, 0.15) is 10.4 Å². The molecule has 0 saturated carbocycles. The molecule has 0 aliphatic heterocycles. The first kappa shape index (κ1) is 13.2. The van der Waals surface area contributed by atoms with Gasteiger partial charge in [0.15, 0.2) is 0 Å². The summed E-state index contributed by atoms with van der Waals surface area (Å²) in [4.78, 5) is 19.7. The number of benzene rings is 1. The van der Waals surface area contributed by atoms with Gasteiger partial charge in [-0.1, -0.05) is 6.58 Å². The molecule has 0 unspecified atom stereocenters. The number of halogens is 1. The van der Waals surface area contributed by atoms with E-state index in [1.165, 1.54) is 12.1 Å². The number of hydrogen-bond acceptors (Lipinski definition) is 3. The summed E-state index contributed by atoms with van der Waals surface area (Å²) in [5.41, 5.74) is 6.17. The summed E-state index contributed by atoms with van der Waals surface area (Å²) in [6.45, 7) is 3.08. The molecule has 0 atom stereocenters. The molecule has 0 aromatic heterocycles. The van der Waals surface area contributed by atoms with Gasteiger partial charge in [-0.25, -0.2) is 4.79 Å². The summed E-state index contributed by atoms with van der Waals surface area (Å²) in [6, 6.07) is 6.06. The van der Waals surface area contributed by atoms with Gasteiger partial charge in [-0.05, 0) is 41.9 Å². The lowest BCUT2D eigenvalue weighted by molar-refractivity contribution is -0.107. The van der Waals surface area contributed by atoms with E-state index in [0.29, 0.717) is 5.69 Å². The van der Waals surface area contributed by atoms with Crippen molar-refractivity contribution < 1.29 is 14.7 Å². The number of carboxylic acid groups (broad SMARTS) is 1. The maximum Gasteiger partial charge on any atom is 0.335 e. The van der Waals surface area contributed by atoms with Crippen LogP contribution in [0.15, 0.2) is 36.9 Å². The quantitative estimate of drug-likeness (QED) is 0.459. The van der Waals surface area contributed by atoms with Crippen LogP contribution in [-0.4, -0.2) is 16.3 Å². The Morgan fingerprint density at radius 1 is 1.33 bits per heavy atom. The van der Waals surface area contributed by atoms with Crippen molar-refractivity contribution in [3.05, 3.63) is 42.5 Å². The van der Waals surface area contributed by atoms with Crippen molar-refractivity contribution in [2.75, 3.05) is 5.73 Å². The second-order valence-corrected chi connectivity index (χ2v) is 2.81. The minimum atomic E-state index is -0.931. The molecule has 0 aliphatic rings. The zero-order chi connectivity index (χ0) is 11.8. The van der Waals surface area contributed by atoms with E-state index in [1.54, 1.807) is 12.1 Å². The summed E-state index contributed by atoms with van der Waals surface area (Å²) >= 11 is 4.71. The smallest absolute Gasteiger partial charge is 0.335 e. The molecule has 1 aromatic carbocycles. The third-order valence-electron chi connectivity index (χ3n) is 1.32. The Labute approximate surface area is 92.0 Å². The SMILES string of the molecule is C=CC(=O)Cl.Nc1ccc(C(=O)O)cc1. The average molecular weight is 228 g/mol. The Bertz CT molecular complexity index is 359. The number of carbonyl (C=O) groups excluding carboxylic acids is 1. The van der Waals surface area contributed by atoms with Crippen molar-refractivity contribution in [2.45, 2.75) is 0 Å². The molecule has 1 aromatic rings. The lowest BCUT2D eigenvalue weighted by Crippen LogP contribution is -1.95. The van der Waals surface area contributed by atoms with Crippen molar-refractivity contribution in [3.8, 4) is 0 Å². The van der Waals surface area contributed by atoms with Crippen LogP contribution in [-0.2, 0) is 4.79 Å². The molecule has 80 valence electrons. The first-order valence-electron chi connectivity index (χ1n) is 3.88. The third-order valence-corrected chi connectivity index (χ3v) is 1.47. The molecule has 0 spiro atoms. The predicted octanol–water partition coefficient (Wildman–Crippen LogP) is 1.90. The lowest BCUT2D eigenvalue weighted by atomic mass is 10.2. The molecule has 0 amide bonds. The predicted molar refractivity (Wildman–Crippen MR) is 58.9 cm³/mol. The molecular weight excluding hydrogens is 218 g/mol. The number of rotatable bonds is 2. The maximum absolute atomic E-state index is 10.3. The monoisotopic (exact) mass is 227 g/mol. The highest BCUT2D eigenvalue weighted by atomic mass is 35.5. The number of aromatic carboxylic acids is 1. The van der Waals surface area contributed by atoms with Gasteiger partial charge in [0.05, 0.1) is 5.56 Å². The Kier molecular flexibility index (Phi) is 5.82. The number of nitrogens with two attached hydrogens (primary N) is 1. The van der Waals surface area contributed by atoms with Crippen LogP contribution in [0.2, 0.25) is 0 Å². The highest BCUT2D eigenvalue weighted by Crippen LogP contribution is 2.04. The highest BCUT2D eigenvalue weighted by Gasteiger charge is 1.98. The van der Waals surface area contributed by atoms with Gasteiger partial charge in [0, 0.05) is 5.69 Å². The van der Waals surface area contributed by atoms with E-state index in [1.807, 2.05) is 0 Å². The number of carboxylic acids is 1. The Morgan fingerprint density at radius 3 is 2.00 bits per heavy atom. The number of allylic oxidation sites excluding steroid dienone is 1. The van der Waals surface area contributed by atoms with Gasteiger partial charge in [-0.3, -0.25) is 4.79 Å². The Balaban J connectivity index is 0.000000336. The fourth-order valence-corrected chi connectivity index (χ4v) is 0.626. The van der Waals surface area contributed by atoms with Crippen LogP contribution in [0.3, 0.4) is 0 Å². The normalized spacial score (nSPS) is 8.33. The van der Waals surface area contributed by atoms with Crippen LogP contribution in [0.4, 0.5) is 5.69 Å². The fraction of sp³-hybridized carbons (Fsp3) is 0. The van der Waals surface area contributed by atoms with E-state index < -0.39 is 11.2 Å². The van der Waals surface area contributed by atoms with Gasteiger partial charge in [0.1, 0.15) is 0 Å². The number of anilines is 1. The van der Waals surface area contributed by atoms with Crippen LogP contribution in [0, 0.1) is 0 Å². The average Bonchev–Trinajstić information content (AvgIpc) is 2.19. The third kappa shape index (κ3) is 6.29. The molecule has 0 radical (unpaired) electrons. The number of nitrogen functional groups attached to an aromatic ring is 1. The minimum Gasteiger partial charge on any atom is -0.478 e. The molecule has 15 heavy (non-hydrogen) atoms. The van der Waals surface area contributed by atoms with E-state index >= 15 is 0 Å². The van der Waals surface area contributed by atoms with E-state index in [0.717, 1.165) is 6.08 Å². The molecule has 4 nitrogen and oxygen atoms in total. The maximum atomic E-state index is 10.3. The van der Waals surface area contributed by atoms with E-state index in [-0.39, 0.29) is 5.56 Å². The fourth-order valence-electron chi connectivity index (χ4n) is 0.626. The Morgan fingerprint density at radius 2 is 1.73 bits per heavy atom. The van der Waals surface area contributed by atoms with Crippen molar-refractivity contribution in [1.29, 1.82) is 0 Å². The lowest BCUT2D eigenvalue weighted by Gasteiger charge is -1.93. The molecule has 0 saturated heterocycles. The van der Waals surface area contributed by atoms with Crippen molar-refractivity contribution >= 4 is 28.5 Å². The molecule has 3 N–H and O–H groups in total. The van der Waals surface area contributed by atoms with Crippen molar-refractivity contribution in [2.24, 2.45) is 0 Å². The summed E-state index contributed by atoms with van der Waals surface area (Å²) in [5, 5.41) is 7.93. The van der Waals surface area contributed by atoms with Crippen LogP contribution < -0.4 is 5.73 Å². The number of carbonyl (C=O) groups is 2. The van der Waals surface area contributed by atoms with Crippen LogP contribution >= 0.6 is 11.6 Å². The van der Waals surface area contributed by atoms with E-state index in [4.69, 9.17) is 22.4 Å². The summed E-state index contributed by atoms with van der Waals surface area (Å²) in [7, 11) is 0. The molecule has 0 aliphatic carbocycles. The minimum absolute atomic E-state index is 0.259. The van der Waals surface area contributed by atoms with Crippen LogP contribution in [0.25, 0.3) is 0 Å². The van der Waals surface area contributed by atoms with Crippen molar-refractivity contribution in [1.82, 2.24) is 0 Å². The molecule has 0 bridgehead atoms. The van der Waals surface area contributed by atoms with Gasteiger partial charge in [-0.15, -0.1) is 0 Å². The number of hydrogen-bond donors (Lipinski definition) is 2. The van der Waals surface area contributed by atoms with Gasteiger partial charge < -0.3 is 10.8 Å². The van der Waals surface area contributed by atoms with Gasteiger partial charge in [-0.2, -0.15) is 0 Å². The first-order chi connectivity index (χ1) is 6.97. The summed E-state index contributed by atoms with van der Waals surface area (Å²) < 4.78 is 0. The molecule has 5 heteroatoms. The summed E-state index contributed by atoms with van der Waals surface area (Å²) in [6.07, 6.45) is 1.04. The van der Waals surface area contributed by atoms with Gasteiger partial charge >= 0.3 is 5.97 Å². The molecule has 0 heterocycles. The summed E-state index contributed by atoms with van der Waals surface area (Å²) in [5.74, 6) is -0.931. The second kappa shape index (κ2) is 6.62. The zero-order valence-corrected chi connectivity index (χ0v) is 8.57. The van der Waals surface area contributed by atoms with Crippen LogP contribution in [0.5, 0.6) is 0 Å². The van der Waals surface area contributed by atoms with E-state index in [9.17, 15) is 9.59 Å². The van der Waals surface area contributed by atoms with Gasteiger partial charge in [0.2, 0.25) is 5.24 Å². The zero-order valence-electron chi connectivity index (χ0n) is 7.81. The largest absolute Gasteiger partial charge is 0.478 e. The highest BCUT2D eigenvalue weighted by molar-refractivity contribution is 6.66.